The second-order valence-corrected chi connectivity index (χ2v) is 5.35. The van der Waals surface area contributed by atoms with Crippen molar-refractivity contribution < 1.29 is 0 Å². The molecule has 0 saturated carbocycles. The molecule has 2 N–H and O–H groups in total. The van der Waals surface area contributed by atoms with Crippen LogP contribution in [0.15, 0.2) is 23.5 Å². The van der Waals surface area contributed by atoms with Gasteiger partial charge in [0.05, 0.1) is 0 Å². The van der Waals surface area contributed by atoms with E-state index in [1.165, 1.54) is 0 Å². The third-order valence-electron chi connectivity index (χ3n) is 2.40. The maximum Gasteiger partial charge on any atom is 0.222 e. The Kier molecular flexibility index (Phi) is 4.08. The molecule has 0 aromatic carbocycles. The van der Waals surface area contributed by atoms with Crippen molar-refractivity contribution in [3.8, 4) is 0 Å². The first kappa shape index (κ1) is 13.2. The lowest BCUT2D eigenvalue weighted by molar-refractivity contribution is 0.557. The van der Waals surface area contributed by atoms with Crippen LogP contribution in [0.3, 0.4) is 0 Å². The predicted octanol–water partition coefficient (Wildman–Crippen LogP) is 2.78. The van der Waals surface area contributed by atoms with E-state index in [9.17, 15) is 0 Å². The fourth-order valence-corrected chi connectivity index (χ4v) is 2.87. The van der Waals surface area contributed by atoms with Gasteiger partial charge in [-0.1, -0.05) is 29.4 Å². The van der Waals surface area contributed by atoms with Crippen molar-refractivity contribution in [3.63, 3.8) is 0 Å². The molecule has 0 amide bonds. The number of nitrogen functional groups attached to an aromatic ring is 1. The van der Waals surface area contributed by atoms with Crippen molar-refractivity contribution in [1.29, 1.82) is 0 Å². The molecule has 0 atom stereocenters. The van der Waals surface area contributed by atoms with E-state index in [0.29, 0.717) is 16.9 Å². The van der Waals surface area contributed by atoms with Crippen LogP contribution in [0.4, 0.5) is 5.95 Å². The number of hydrogen-bond acceptors (Lipinski definition) is 5. The molecular formula is C11H14ClN5S. The molecule has 7 heteroatoms. The summed E-state index contributed by atoms with van der Waals surface area (Å²) < 4.78 is 1.90. The molecule has 96 valence electrons. The van der Waals surface area contributed by atoms with Crippen molar-refractivity contribution in [2.24, 2.45) is 0 Å². The summed E-state index contributed by atoms with van der Waals surface area (Å²) >= 11 is 7.55. The van der Waals surface area contributed by atoms with E-state index in [0.717, 1.165) is 10.7 Å². The Morgan fingerprint density at radius 1 is 1.44 bits per heavy atom. The van der Waals surface area contributed by atoms with Gasteiger partial charge in [0.15, 0.2) is 5.16 Å². The molecule has 2 rings (SSSR count). The number of hydrogen-bond donors (Lipinski definition) is 1. The molecule has 0 spiro atoms. The van der Waals surface area contributed by atoms with E-state index in [1.807, 2.05) is 30.5 Å². The van der Waals surface area contributed by atoms with E-state index >= 15 is 0 Å². The van der Waals surface area contributed by atoms with Gasteiger partial charge in [0.25, 0.3) is 0 Å². The van der Waals surface area contributed by atoms with Gasteiger partial charge in [-0.2, -0.15) is 0 Å². The Morgan fingerprint density at radius 2 is 2.22 bits per heavy atom. The Morgan fingerprint density at radius 3 is 2.89 bits per heavy atom. The van der Waals surface area contributed by atoms with Gasteiger partial charge in [-0.3, -0.25) is 4.57 Å². The van der Waals surface area contributed by atoms with Crippen LogP contribution in [0, 0.1) is 0 Å². The quantitative estimate of drug-likeness (QED) is 0.690. The molecule has 0 unspecified atom stereocenters. The van der Waals surface area contributed by atoms with Gasteiger partial charge >= 0.3 is 0 Å². The van der Waals surface area contributed by atoms with E-state index in [2.05, 4.69) is 15.2 Å². The first-order valence-corrected chi connectivity index (χ1v) is 6.88. The first-order valence-electron chi connectivity index (χ1n) is 5.52. The molecule has 0 fully saturated rings. The number of rotatable bonds is 4. The van der Waals surface area contributed by atoms with Crippen LogP contribution in [0.5, 0.6) is 0 Å². The molecule has 2 aromatic rings. The Balaban J connectivity index is 2.14. The Hall–Kier alpha value is -1.27. The van der Waals surface area contributed by atoms with E-state index in [4.69, 9.17) is 17.3 Å². The van der Waals surface area contributed by atoms with E-state index < -0.39 is 0 Å². The average molecular weight is 284 g/mol. The normalized spacial score (nSPS) is 11.1. The van der Waals surface area contributed by atoms with Crippen LogP contribution in [-0.2, 0) is 5.75 Å². The van der Waals surface area contributed by atoms with Crippen LogP contribution in [0.2, 0.25) is 5.15 Å². The molecule has 0 radical (unpaired) electrons. The van der Waals surface area contributed by atoms with Gasteiger partial charge in [0.1, 0.15) is 5.15 Å². The van der Waals surface area contributed by atoms with Gasteiger partial charge in [0.2, 0.25) is 5.95 Å². The molecular weight excluding hydrogens is 270 g/mol. The van der Waals surface area contributed by atoms with Gasteiger partial charge < -0.3 is 5.73 Å². The SMILES string of the molecule is CC(C)n1c(N)nnc1SCc1cccnc1Cl. The van der Waals surface area contributed by atoms with Crippen LogP contribution < -0.4 is 5.73 Å². The van der Waals surface area contributed by atoms with Crippen molar-refractivity contribution in [2.75, 3.05) is 5.73 Å². The number of halogens is 1. The monoisotopic (exact) mass is 283 g/mol. The van der Waals surface area contributed by atoms with Crippen LogP contribution in [-0.4, -0.2) is 19.7 Å². The van der Waals surface area contributed by atoms with Crippen LogP contribution in [0.25, 0.3) is 0 Å². The topological polar surface area (TPSA) is 69.6 Å². The number of thioether (sulfide) groups is 1. The second-order valence-electron chi connectivity index (χ2n) is 4.05. The van der Waals surface area contributed by atoms with Gasteiger partial charge in [-0.15, -0.1) is 10.2 Å². The lowest BCUT2D eigenvalue weighted by Crippen LogP contribution is -2.07. The summed E-state index contributed by atoms with van der Waals surface area (Å²) in [6.45, 7) is 4.08. The lowest BCUT2D eigenvalue weighted by Gasteiger charge is -2.11. The van der Waals surface area contributed by atoms with Crippen molar-refractivity contribution in [1.82, 2.24) is 19.7 Å². The number of anilines is 1. The maximum absolute atomic E-state index is 6.01. The van der Waals surface area contributed by atoms with Crippen LogP contribution in [0.1, 0.15) is 25.5 Å². The highest BCUT2D eigenvalue weighted by Gasteiger charge is 2.13. The van der Waals surface area contributed by atoms with E-state index in [-0.39, 0.29) is 6.04 Å². The van der Waals surface area contributed by atoms with Crippen molar-refractivity contribution >= 4 is 29.3 Å². The zero-order valence-electron chi connectivity index (χ0n) is 10.2. The third-order valence-corrected chi connectivity index (χ3v) is 3.73. The summed E-state index contributed by atoms with van der Waals surface area (Å²) in [6, 6.07) is 4.04. The third kappa shape index (κ3) is 2.76. The van der Waals surface area contributed by atoms with E-state index in [1.54, 1.807) is 18.0 Å². The Labute approximate surface area is 115 Å². The summed E-state index contributed by atoms with van der Waals surface area (Å²) in [5, 5.41) is 9.28. The fraction of sp³-hybridized carbons (Fsp3) is 0.364. The maximum atomic E-state index is 6.01. The summed E-state index contributed by atoms with van der Waals surface area (Å²) in [5.41, 5.74) is 6.75. The smallest absolute Gasteiger partial charge is 0.222 e. The number of nitrogens with zero attached hydrogens (tertiary/aromatic N) is 4. The molecule has 0 saturated heterocycles. The lowest BCUT2D eigenvalue weighted by atomic mass is 10.3. The Bertz CT molecular complexity index is 540. The summed E-state index contributed by atoms with van der Waals surface area (Å²) in [7, 11) is 0. The minimum absolute atomic E-state index is 0.229. The molecule has 5 nitrogen and oxygen atoms in total. The molecule has 2 aromatic heterocycles. The summed E-state index contributed by atoms with van der Waals surface area (Å²) in [6.07, 6.45) is 1.67. The standard InChI is InChI=1S/C11H14ClN5S/c1-7(2)17-10(13)15-16-11(17)18-6-8-4-3-5-14-9(8)12/h3-5,7H,6H2,1-2H3,(H2,13,15). The zero-order valence-corrected chi connectivity index (χ0v) is 11.7. The predicted molar refractivity (Wildman–Crippen MR) is 73.6 cm³/mol. The molecule has 0 aliphatic carbocycles. The average Bonchev–Trinajstić information content (AvgIpc) is 2.69. The van der Waals surface area contributed by atoms with Gasteiger partial charge in [-0.25, -0.2) is 4.98 Å². The minimum atomic E-state index is 0.229. The molecule has 0 aliphatic rings. The molecule has 2 heterocycles. The highest BCUT2D eigenvalue weighted by Crippen LogP contribution is 2.27. The first-order chi connectivity index (χ1) is 8.59. The number of aromatic nitrogens is 4. The number of nitrogens with two attached hydrogens (primary N) is 1. The minimum Gasteiger partial charge on any atom is -0.368 e. The van der Waals surface area contributed by atoms with Gasteiger partial charge in [-0.05, 0) is 25.5 Å². The second kappa shape index (κ2) is 5.58. The van der Waals surface area contributed by atoms with Crippen molar-refractivity contribution in [3.05, 3.63) is 29.0 Å². The highest BCUT2D eigenvalue weighted by atomic mass is 35.5. The number of pyridine rings is 1. The fourth-order valence-electron chi connectivity index (χ4n) is 1.54. The van der Waals surface area contributed by atoms with Gasteiger partial charge in [0, 0.05) is 18.0 Å². The van der Waals surface area contributed by atoms with Crippen LogP contribution >= 0.6 is 23.4 Å². The van der Waals surface area contributed by atoms with Crippen molar-refractivity contribution in [2.45, 2.75) is 30.8 Å². The molecule has 0 aliphatic heterocycles. The zero-order chi connectivity index (χ0) is 13.1. The molecule has 18 heavy (non-hydrogen) atoms. The largest absolute Gasteiger partial charge is 0.368 e. The molecule has 0 bridgehead atoms. The summed E-state index contributed by atoms with van der Waals surface area (Å²) in [5.74, 6) is 1.13. The summed E-state index contributed by atoms with van der Waals surface area (Å²) in [4.78, 5) is 4.04. The highest BCUT2D eigenvalue weighted by molar-refractivity contribution is 7.98.